The fourth-order valence-corrected chi connectivity index (χ4v) is 4.55. The van der Waals surface area contributed by atoms with Gasteiger partial charge in [0.25, 0.3) is 0 Å². The van der Waals surface area contributed by atoms with Gasteiger partial charge in [-0.1, -0.05) is 46.5 Å². The van der Waals surface area contributed by atoms with Gasteiger partial charge >= 0.3 is 0 Å². The van der Waals surface area contributed by atoms with Gasteiger partial charge in [-0.25, -0.2) is 0 Å². The molecule has 1 saturated carbocycles. The summed E-state index contributed by atoms with van der Waals surface area (Å²) in [6.45, 7) is 11.0. The Morgan fingerprint density at radius 3 is 2.33 bits per heavy atom. The van der Waals surface area contributed by atoms with E-state index in [4.69, 9.17) is 0 Å². The molecule has 0 aromatic heterocycles. The van der Waals surface area contributed by atoms with Crippen molar-refractivity contribution in [1.82, 2.24) is 10.2 Å². The highest BCUT2D eigenvalue weighted by Gasteiger charge is 2.39. The average molecular weight is 295 g/mol. The second-order valence-electron chi connectivity index (χ2n) is 7.55. The zero-order valence-corrected chi connectivity index (χ0v) is 14.8. The maximum atomic E-state index is 3.89. The van der Waals surface area contributed by atoms with Crippen LogP contribution in [-0.2, 0) is 0 Å². The second-order valence-corrected chi connectivity index (χ2v) is 7.55. The van der Waals surface area contributed by atoms with Gasteiger partial charge in [-0.05, 0) is 57.0 Å². The van der Waals surface area contributed by atoms with Gasteiger partial charge in [0.2, 0.25) is 0 Å². The van der Waals surface area contributed by atoms with E-state index < -0.39 is 0 Å². The predicted octanol–water partition coefficient (Wildman–Crippen LogP) is 4.59. The third kappa shape index (κ3) is 4.45. The lowest BCUT2D eigenvalue weighted by atomic mass is 9.81. The van der Waals surface area contributed by atoms with E-state index in [9.17, 15) is 0 Å². The highest BCUT2D eigenvalue weighted by Crippen LogP contribution is 2.39. The van der Waals surface area contributed by atoms with Crippen LogP contribution in [0.2, 0.25) is 0 Å². The molecule has 0 aromatic rings. The minimum absolute atomic E-state index is 0.623. The van der Waals surface area contributed by atoms with E-state index in [2.05, 4.69) is 31.0 Å². The summed E-state index contributed by atoms with van der Waals surface area (Å²) in [5.41, 5.74) is 0.623. The van der Waals surface area contributed by atoms with Crippen LogP contribution in [0.3, 0.4) is 0 Å². The van der Waals surface area contributed by atoms with Crippen LogP contribution < -0.4 is 5.32 Å². The SMILES string of the molecule is CCCNC1CCCCCCC1N1CCC(CC)(CC)C1. The third-order valence-corrected chi connectivity index (χ3v) is 6.32. The minimum Gasteiger partial charge on any atom is -0.312 e. The molecule has 1 N–H and O–H groups in total. The summed E-state index contributed by atoms with van der Waals surface area (Å²) in [7, 11) is 0. The van der Waals surface area contributed by atoms with Gasteiger partial charge in [0.15, 0.2) is 0 Å². The largest absolute Gasteiger partial charge is 0.312 e. The van der Waals surface area contributed by atoms with E-state index in [-0.39, 0.29) is 0 Å². The van der Waals surface area contributed by atoms with E-state index in [1.807, 2.05) is 0 Å². The molecule has 0 amide bonds. The van der Waals surface area contributed by atoms with Crippen molar-refractivity contribution in [2.24, 2.45) is 5.41 Å². The lowest BCUT2D eigenvalue weighted by Gasteiger charge is -2.38. The fraction of sp³-hybridized carbons (Fsp3) is 1.00. The van der Waals surface area contributed by atoms with Crippen LogP contribution in [-0.4, -0.2) is 36.6 Å². The van der Waals surface area contributed by atoms with Crippen molar-refractivity contribution in [2.75, 3.05) is 19.6 Å². The Bertz CT molecular complexity index is 283. The molecule has 2 fully saturated rings. The molecule has 0 radical (unpaired) electrons. The van der Waals surface area contributed by atoms with Gasteiger partial charge in [-0.2, -0.15) is 0 Å². The molecule has 1 heterocycles. The number of nitrogens with one attached hydrogen (secondary N) is 1. The molecule has 2 nitrogen and oxygen atoms in total. The molecule has 0 aromatic carbocycles. The van der Waals surface area contributed by atoms with E-state index in [1.54, 1.807) is 0 Å². The van der Waals surface area contributed by atoms with Gasteiger partial charge < -0.3 is 5.32 Å². The maximum Gasteiger partial charge on any atom is 0.0249 e. The van der Waals surface area contributed by atoms with Crippen LogP contribution in [0, 0.1) is 5.41 Å². The summed E-state index contributed by atoms with van der Waals surface area (Å²) in [6, 6.07) is 1.55. The van der Waals surface area contributed by atoms with Crippen molar-refractivity contribution in [3.05, 3.63) is 0 Å². The van der Waals surface area contributed by atoms with Gasteiger partial charge in [0.1, 0.15) is 0 Å². The molecule has 2 unspecified atom stereocenters. The molecule has 21 heavy (non-hydrogen) atoms. The molecule has 2 atom stereocenters. The normalized spacial score (nSPS) is 31.0. The minimum atomic E-state index is 0.623. The summed E-state index contributed by atoms with van der Waals surface area (Å²) in [5.74, 6) is 0. The average Bonchev–Trinajstić information content (AvgIpc) is 2.91. The third-order valence-electron chi connectivity index (χ3n) is 6.32. The van der Waals surface area contributed by atoms with Gasteiger partial charge in [-0.15, -0.1) is 0 Å². The van der Waals surface area contributed by atoms with Crippen LogP contribution in [0.15, 0.2) is 0 Å². The molecular weight excluding hydrogens is 256 g/mol. The highest BCUT2D eigenvalue weighted by molar-refractivity contribution is 4.95. The Hall–Kier alpha value is -0.0800. The summed E-state index contributed by atoms with van der Waals surface area (Å²) < 4.78 is 0. The molecule has 1 aliphatic carbocycles. The summed E-state index contributed by atoms with van der Waals surface area (Å²) in [6.07, 6.45) is 14.0. The van der Waals surface area contributed by atoms with Gasteiger partial charge in [0.05, 0.1) is 0 Å². The summed E-state index contributed by atoms with van der Waals surface area (Å²) in [4.78, 5) is 2.87. The molecule has 2 heteroatoms. The Morgan fingerprint density at radius 1 is 1.00 bits per heavy atom. The van der Waals surface area contributed by atoms with Crippen molar-refractivity contribution < 1.29 is 0 Å². The highest BCUT2D eigenvalue weighted by atomic mass is 15.2. The Kier molecular flexibility index (Phi) is 7.01. The molecule has 1 aliphatic heterocycles. The summed E-state index contributed by atoms with van der Waals surface area (Å²) >= 11 is 0. The molecule has 0 spiro atoms. The number of hydrogen-bond acceptors (Lipinski definition) is 2. The van der Waals surface area contributed by atoms with Crippen LogP contribution in [0.25, 0.3) is 0 Å². The first-order chi connectivity index (χ1) is 10.2. The molecule has 2 rings (SSSR count). The van der Waals surface area contributed by atoms with E-state index in [0.717, 1.165) is 12.1 Å². The van der Waals surface area contributed by atoms with Crippen LogP contribution in [0.1, 0.15) is 85.0 Å². The van der Waals surface area contributed by atoms with E-state index in [1.165, 1.54) is 83.8 Å². The van der Waals surface area contributed by atoms with Crippen LogP contribution in [0.4, 0.5) is 0 Å². The lowest BCUT2D eigenvalue weighted by molar-refractivity contribution is 0.139. The monoisotopic (exact) mass is 294 g/mol. The zero-order chi connectivity index (χ0) is 15.1. The van der Waals surface area contributed by atoms with E-state index >= 15 is 0 Å². The number of nitrogens with zero attached hydrogens (tertiary/aromatic N) is 1. The number of rotatable bonds is 6. The molecular formula is C19H38N2. The fourth-order valence-electron chi connectivity index (χ4n) is 4.55. The number of likely N-dealkylation sites (tertiary alicyclic amines) is 1. The van der Waals surface area contributed by atoms with Gasteiger partial charge in [0, 0.05) is 18.6 Å². The van der Waals surface area contributed by atoms with Crippen molar-refractivity contribution in [3.63, 3.8) is 0 Å². The maximum absolute atomic E-state index is 3.89. The van der Waals surface area contributed by atoms with E-state index in [0.29, 0.717) is 5.41 Å². The predicted molar refractivity (Wildman–Crippen MR) is 92.8 cm³/mol. The summed E-state index contributed by atoms with van der Waals surface area (Å²) in [5, 5.41) is 3.89. The van der Waals surface area contributed by atoms with Crippen molar-refractivity contribution in [1.29, 1.82) is 0 Å². The first-order valence-electron chi connectivity index (χ1n) is 9.72. The molecule has 2 aliphatic rings. The van der Waals surface area contributed by atoms with Crippen molar-refractivity contribution in [3.8, 4) is 0 Å². The Morgan fingerprint density at radius 2 is 1.71 bits per heavy atom. The Balaban J connectivity index is 2.01. The zero-order valence-electron chi connectivity index (χ0n) is 14.8. The topological polar surface area (TPSA) is 15.3 Å². The van der Waals surface area contributed by atoms with Crippen molar-refractivity contribution >= 4 is 0 Å². The number of hydrogen-bond donors (Lipinski definition) is 1. The van der Waals surface area contributed by atoms with Crippen molar-refractivity contribution in [2.45, 2.75) is 97.1 Å². The smallest absolute Gasteiger partial charge is 0.0249 e. The first kappa shape index (κ1) is 17.3. The quantitative estimate of drug-likeness (QED) is 0.771. The molecule has 0 bridgehead atoms. The standard InChI is InChI=1S/C19H38N2/c1-4-14-20-17-11-9-7-8-10-12-18(17)21-15-13-19(5-2,6-3)16-21/h17-18,20H,4-16H2,1-3H3. The van der Waals surface area contributed by atoms with Gasteiger partial charge in [-0.3, -0.25) is 4.90 Å². The van der Waals surface area contributed by atoms with Crippen LogP contribution in [0.5, 0.6) is 0 Å². The second kappa shape index (κ2) is 8.53. The first-order valence-corrected chi connectivity index (χ1v) is 9.72. The Labute approximate surface area is 133 Å². The molecule has 1 saturated heterocycles. The van der Waals surface area contributed by atoms with Crippen LogP contribution >= 0.6 is 0 Å². The molecule has 124 valence electrons. The lowest BCUT2D eigenvalue weighted by Crippen LogP contribution is -2.50.